The van der Waals surface area contributed by atoms with E-state index in [4.69, 9.17) is 0 Å². The number of nitrogens with one attached hydrogen (secondary N) is 2. The fourth-order valence-electron chi connectivity index (χ4n) is 1.73. The summed E-state index contributed by atoms with van der Waals surface area (Å²) in [5.41, 5.74) is 1.92. The molecule has 0 fully saturated rings. The van der Waals surface area contributed by atoms with Crippen molar-refractivity contribution in [2.45, 2.75) is 25.9 Å². The topological polar surface area (TPSA) is 41.1 Å². The number of benzene rings is 1. The summed E-state index contributed by atoms with van der Waals surface area (Å²) in [6, 6.07) is 5.92. The molecular weight excluding hydrogens is 256 g/mol. The molecule has 0 saturated carbocycles. The van der Waals surface area contributed by atoms with Gasteiger partial charge in [-0.25, -0.2) is 0 Å². The monoisotopic (exact) mass is 268 g/mol. The number of fused-ring (bicyclic) bond motifs is 1. The van der Waals surface area contributed by atoms with Crippen LogP contribution in [0.3, 0.4) is 0 Å². The molecular formula is C11H13BrN2O. The van der Waals surface area contributed by atoms with Gasteiger partial charge in [-0.15, -0.1) is 0 Å². The van der Waals surface area contributed by atoms with Gasteiger partial charge in [-0.3, -0.25) is 10.1 Å². The van der Waals surface area contributed by atoms with Crippen LogP contribution >= 0.6 is 15.9 Å². The maximum Gasteiger partial charge on any atom is 0.246 e. The molecule has 1 aliphatic rings. The van der Waals surface area contributed by atoms with Gasteiger partial charge in [0.2, 0.25) is 5.91 Å². The minimum atomic E-state index is -0.215. The summed E-state index contributed by atoms with van der Waals surface area (Å²) < 4.78 is 0.978. The van der Waals surface area contributed by atoms with Gasteiger partial charge in [0.15, 0.2) is 0 Å². The van der Waals surface area contributed by atoms with E-state index in [0.29, 0.717) is 0 Å². The average Bonchev–Trinajstić information content (AvgIpc) is 2.41. The van der Waals surface area contributed by atoms with Crippen molar-refractivity contribution in [1.29, 1.82) is 0 Å². The van der Waals surface area contributed by atoms with Gasteiger partial charge in [0.25, 0.3) is 0 Å². The van der Waals surface area contributed by atoms with E-state index in [2.05, 4.69) is 26.6 Å². The number of amides is 1. The van der Waals surface area contributed by atoms with Crippen LogP contribution in [0.15, 0.2) is 22.7 Å². The first kappa shape index (κ1) is 10.6. The number of anilines is 1. The van der Waals surface area contributed by atoms with Crippen LogP contribution in [-0.2, 0) is 4.79 Å². The van der Waals surface area contributed by atoms with Crippen molar-refractivity contribution in [2.24, 2.45) is 0 Å². The predicted octanol–water partition coefficient (Wildman–Crippen LogP) is 2.44. The Morgan fingerprint density at radius 3 is 2.87 bits per heavy atom. The predicted molar refractivity (Wildman–Crippen MR) is 63.8 cm³/mol. The van der Waals surface area contributed by atoms with Gasteiger partial charge >= 0.3 is 0 Å². The van der Waals surface area contributed by atoms with Crippen LogP contribution in [-0.4, -0.2) is 11.9 Å². The smallest absolute Gasteiger partial charge is 0.246 e. The molecule has 0 bridgehead atoms. The van der Waals surface area contributed by atoms with E-state index in [1.165, 1.54) is 0 Å². The van der Waals surface area contributed by atoms with Crippen LogP contribution in [0.2, 0.25) is 0 Å². The van der Waals surface area contributed by atoms with E-state index in [1.807, 2.05) is 32.0 Å². The van der Waals surface area contributed by atoms with Gasteiger partial charge in [0.1, 0.15) is 6.04 Å². The molecule has 1 aromatic rings. The number of halogens is 1. The summed E-state index contributed by atoms with van der Waals surface area (Å²) in [5.74, 6) is 0.0248. The zero-order chi connectivity index (χ0) is 11.0. The summed E-state index contributed by atoms with van der Waals surface area (Å²) in [6.45, 7) is 4.06. The van der Waals surface area contributed by atoms with Crippen molar-refractivity contribution in [1.82, 2.24) is 5.32 Å². The van der Waals surface area contributed by atoms with Crippen molar-refractivity contribution < 1.29 is 4.79 Å². The van der Waals surface area contributed by atoms with E-state index in [1.54, 1.807) is 0 Å². The maximum absolute atomic E-state index is 11.7. The summed E-state index contributed by atoms with van der Waals surface area (Å²) in [6.07, 6.45) is 0. The van der Waals surface area contributed by atoms with Gasteiger partial charge in [-0.05, 0) is 26.0 Å². The zero-order valence-corrected chi connectivity index (χ0v) is 10.3. The molecule has 80 valence electrons. The van der Waals surface area contributed by atoms with Crippen molar-refractivity contribution in [3.8, 4) is 0 Å². The molecule has 0 radical (unpaired) electrons. The highest BCUT2D eigenvalue weighted by Gasteiger charge is 2.30. The van der Waals surface area contributed by atoms with E-state index in [-0.39, 0.29) is 18.0 Å². The Bertz CT molecular complexity index is 404. The molecule has 1 heterocycles. The van der Waals surface area contributed by atoms with Gasteiger partial charge in [-0.1, -0.05) is 22.0 Å². The van der Waals surface area contributed by atoms with Gasteiger partial charge in [0, 0.05) is 21.8 Å². The molecule has 2 rings (SSSR count). The Morgan fingerprint density at radius 2 is 2.20 bits per heavy atom. The second-order valence-electron chi connectivity index (χ2n) is 3.98. The minimum Gasteiger partial charge on any atom is -0.324 e. The number of carbonyl (C=O) groups is 1. The fourth-order valence-corrected chi connectivity index (χ4v) is 2.09. The molecule has 2 N–H and O–H groups in total. The number of carbonyl (C=O) groups excluding carboxylic acids is 1. The third-order valence-electron chi connectivity index (χ3n) is 2.35. The molecule has 0 aromatic heterocycles. The third kappa shape index (κ3) is 2.06. The van der Waals surface area contributed by atoms with Crippen molar-refractivity contribution >= 4 is 27.5 Å². The first-order valence-corrected chi connectivity index (χ1v) is 5.73. The van der Waals surface area contributed by atoms with Crippen LogP contribution < -0.4 is 10.6 Å². The lowest BCUT2D eigenvalue weighted by Gasteiger charge is -2.14. The molecule has 1 aliphatic heterocycles. The normalized spacial score (nSPS) is 19.2. The summed E-state index contributed by atoms with van der Waals surface area (Å²) in [7, 11) is 0. The van der Waals surface area contributed by atoms with Crippen molar-refractivity contribution in [3.05, 3.63) is 28.2 Å². The molecule has 1 amide bonds. The number of hydrogen-bond donors (Lipinski definition) is 2. The Balaban J connectivity index is 2.33. The third-order valence-corrected chi connectivity index (χ3v) is 2.84. The average molecular weight is 269 g/mol. The SMILES string of the molecule is CC(C)NC1C(=O)Nc2cc(Br)ccc21. The minimum absolute atomic E-state index is 0.0248. The molecule has 0 saturated heterocycles. The molecule has 1 unspecified atom stereocenters. The molecule has 1 atom stereocenters. The first-order valence-electron chi connectivity index (χ1n) is 4.94. The zero-order valence-electron chi connectivity index (χ0n) is 8.67. The highest BCUT2D eigenvalue weighted by molar-refractivity contribution is 9.10. The lowest BCUT2D eigenvalue weighted by molar-refractivity contribution is -0.117. The molecule has 15 heavy (non-hydrogen) atoms. The van der Waals surface area contributed by atoms with Crippen LogP contribution in [0.4, 0.5) is 5.69 Å². The standard InChI is InChI=1S/C11H13BrN2O/c1-6(2)13-10-8-4-3-7(12)5-9(8)14-11(10)15/h3-6,10,13H,1-2H3,(H,14,15). The lowest BCUT2D eigenvalue weighted by atomic mass is 10.1. The lowest BCUT2D eigenvalue weighted by Crippen LogP contribution is -2.32. The molecule has 1 aromatic carbocycles. The second kappa shape index (κ2) is 3.94. The number of hydrogen-bond acceptors (Lipinski definition) is 2. The molecule has 0 aliphatic carbocycles. The second-order valence-corrected chi connectivity index (χ2v) is 4.89. The van der Waals surface area contributed by atoms with E-state index in [9.17, 15) is 4.79 Å². The van der Waals surface area contributed by atoms with E-state index in [0.717, 1.165) is 15.7 Å². The van der Waals surface area contributed by atoms with Crippen LogP contribution in [0, 0.1) is 0 Å². The Labute approximate surface area is 97.4 Å². The Morgan fingerprint density at radius 1 is 1.47 bits per heavy atom. The fraction of sp³-hybridized carbons (Fsp3) is 0.364. The first-order chi connectivity index (χ1) is 7.08. The van der Waals surface area contributed by atoms with Crippen molar-refractivity contribution in [2.75, 3.05) is 5.32 Å². The molecule has 0 spiro atoms. The van der Waals surface area contributed by atoms with E-state index < -0.39 is 0 Å². The summed E-state index contributed by atoms with van der Waals surface area (Å²) in [5, 5.41) is 6.10. The number of rotatable bonds is 2. The van der Waals surface area contributed by atoms with Crippen LogP contribution in [0.5, 0.6) is 0 Å². The molecule has 3 nitrogen and oxygen atoms in total. The van der Waals surface area contributed by atoms with Crippen LogP contribution in [0.25, 0.3) is 0 Å². The van der Waals surface area contributed by atoms with E-state index >= 15 is 0 Å². The maximum atomic E-state index is 11.7. The Hall–Kier alpha value is -0.870. The molecule has 4 heteroatoms. The highest BCUT2D eigenvalue weighted by atomic mass is 79.9. The van der Waals surface area contributed by atoms with Gasteiger partial charge in [-0.2, -0.15) is 0 Å². The highest BCUT2D eigenvalue weighted by Crippen LogP contribution is 2.33. The van der Waals surface area contributed by atoms with Gasteiger partial charge in [0.05, 0.1) is 0 Å². The Kier molecular flexibility index (Phi) is 2.80. The summed E-state index contributed by atoms with van der Waals surface area (Å²) >= 11 is 3.38. The largest absolute Gasteiger partial charge is 0.324 e. The van der Waals surface area contributed by atoms with Gasteiger partial charge < -0.3 is 5.32 Å². The quantitative estimate of drug-likeness (QED) is 0.865. The van der Waals surface area contributed by atoms with Crippen LogP contribution in [0.1, 0.15) is 25.5 Å². The van der Waals surface area contributed by atoms with Crippen molar-refractivity contribution in [3.63, 3.8) is 0 Å². The summed E-state index contributed by atoms with van der Waals surface area (Å²) in [4.78, 5) is 11.7.